The smallest absolute Gasteiger partial charge is 0.244 e. The van der Waals surface area contributed by atoms with Crippen LogP contribution in [0.2, 0.25) is 0 Å². The summed E-state index contributed by atoms with van der Waals surface area (Å²) in [7, 11) is -3.49. The zero-order chi connectivity index (χ0) is 19.4. The molecule has 1 aromatic heterocycles. The molecule has 150 valence electrons. The van der Waals surface area contributed by atoms with Gasteiger partial charge in [0, 0.05) is 52.0 Å². The van der Waals surface area contributed by atoms with Gasteiger partial charge in [-0.05, 0) is 17.7 Å². The summed E-state index contributed by atoms with van der Waals surface area (Å²) in [5, 5.41) is 0. The first-order chi connectivity index (χ1) is 13.6. The van der Waals surface area contributed by atoms with Crippen molar-refractivity contribution >= 4 is 15.8 Å². The molecule has 2 fully saturated rings. The van der Waals surface area contributed by atoms with Crippen molar-refractivity contribution < 1.29 is 13.2 Å². The first kappa shape index (κ1) is 19.3. The number of hydrogen-bond donors (Lipinski definition) is 0. The van der Waals surface area contributed by atoms with Gasteiger partial charge in [-0.25, -0.2) is 13.4 Å². The Hall–Kier alpha value is -2.00. The lowest BCUT2D eigenvalue weighted by Crippen LogP contribution is -2.46. The Morgan fingerprint density at radius 3 is 2.25 bits per heavy atom. The van der Waals surface area contributed by atoms with E-state index in [1.54, 1.807) is 6.07 Å². The average molecular weight is 403 g/mol. The van der Waals surface area contributed by atoms with E-state index in [1.165, 1.54) is 16.1 Å². The van der Waals surface area contributed by atoms with Crippen LogP contribution >= 0.6 is 0 Å². The molecule has 0 spiro atoms. The van der Waals surface area contributed by atoms with Crippen LogP contribution in [0.1, 0.15) is 5.56 Å². The molecule has 2 aromatic rings. The van der Waals surface area contributed by atoms with E-state index in [9.17, 15) is 8.42 Å². The van der Waals surface area contributed by atoms with Crippen molar-refractivity contribution in [3.63, 3.8) is 0 Å². The summed E-state index contributed by atoms with van der Waals surface area (Å²) in [6.07, 6.45) is 1.48. The molecule has 1 aromatic carbocycles. The average Bonchev–Trinajstić information content (AvgIpc) is 2.76. The quantitative estimate of drug-likeness (QED) is 0.754. The summed E-state index contributed by atoms with van der Waals surface area (Å²) in [4.78, 5) is 9.34. The minimum absolute atomic E-state index is 0.251. The number of sulfonamides is 1. The lowest BCUT2D eigenvalue weighted by atomic mass is 10.2. The van der Waals surface area contributed by atoms with E-state index < -0.39 is 10.0 Å². The van der Waals surface area contributed by atoms with E-state index >= 15 is 0 Å². The van der Waals surface area contributed by atoms with Crippen LogP contribution in [-0.2, 0) is 21.3 Å². The number of ether oxygens (including phenoxy) is 1. The molecule has 0 radical (unpaired) electrons. The number of nitrogens with zero attached hydrogens (tertiary/aromatic N) is 4. The van der Waals surface area contributed by atoms with E-state index in [0.717, 1.165) is 38.5 Å². The Morgan fingerprint density at radius 2 is 1.61 bits per heavy atom. The largest absolute Gasteiger partial charge is 0.379 e. The Bertz CT molecular complexity index is 860. The van der Waals surface area contributed by atoms with E-state index in [1.807, 2.05) is 12.1 Å². The van der Waals surface area contributed by atoms with Gasteiger partial charge in [0.25, 0.3) is 0 Å². The molecular weight excluding hydrogens is 376 g/mol. The maximum atomic E-state index is 12.7. The molecule has 7 nitrogen and oxygen atoms in total. The number of hydrogen-bond acceptors (Lipinski definition) is 6. The fourth-order valence-corrected chi connectivity index (χ4v) is 4.98. The van der Waals surface area contributed by atoms with Crippen LogP contribution in [0.15, 0.2) is 53.6 Å². The number of rotatable bonds is 5. The van der Waals surface area contributed by atoms with Gasteiger partial charge in [0.05, 0.1) is 13.2 Å². The Morgan fingerprint density at radius 1 is 0.893 bits per heavy atom. The maximum Gasteiger partial charge on any atom is 0.244 e. The molecule has 0 saturated carbocycles. The Balaban J connectivity index is 1.36. The standard InChI is InChI=1S/C20H26N4O3S/c25-28(26,24-12-14-27-15-13-24)19-6-7-20(21-16-19)23-10-8-22(9-11-23)17-18-4-2-1-3-5-18/h1-7,16H,8-15,17H2. The molecule has 0 bridgehead atoms. The van der Waals surface area contributed by atoms with Crippen LogP contribution in [-0.4, -0.2) is 75.1 Å². The zero-order valence-corrected chi connectivity index (χ0v) is 16.7. The maximum absolute atomic E-state index is 12.7. The van der Waals surface area contributed by atoms with Crippen molar-refractivity contribution in [2.45, 2.75) is 11.4 Å². The fraction of sp³-hybridized carbons (Fsp3) is 0.450. The van der Waals surface area contributed by atoms with Crippen LogP contribution in [0.3, 0.4) is 0 Å². The van der Waals surface area contributed by atoms with E-state index in [0.29, 0.717) is 26.3 Å². The van der Waals surface area contributed by atoms with E-state index in [-0.39, 0.29) is 4.90 Å². The minimum atomic E-state index is -3.49. The summed E-state index contributed by atoms with van der Waals surface area (Å²) >= 11 is 0. The highest BCUT2D eigenvalue weighted by atomic mass is 32.2. The van der Waals surface area contributed by atoms with Gasteiger partial charge in [0.15, 0.2) is 0 Å². The lowest BCUT2D eigenvalue weighted by Gasteiger charge is -2.35. The van der Waals surface area contributed by atoms with E-state index in [2.05, 4.69) is 39.0 Å². The van der Waals surface area contributed by atoms with Gasteiger partial charge in [0.2, 0.25) is 10.0 Å². The van der Waals surface area contributed by atoms with Crippen LogP contribution in [0.25, 0.3) is 0 Å². The summed E-state index contributed by atoms with van der Waals surface area (Å²) in [5.74, 6) is 0.834. The molecule has 2 aliphatic heterocycles. The SMILES string of the molecule is O=S(=O)(c1ccc(N2CCN(Cc3ccccc3)CC2)nc1)N1CCOCC1. The van der Waals surface area contributed by atoms with Gasteiger partial charge in [-0.15, -0.1) is 0 Å². The number of benzene rings is 1. The molecule has 4 rings (SSSR count). The zero-order valence-electron chi connectivity index (χ0n) is 15.9. The van der Waals surface area contributed by atoms with Crippen LogP contribution in [0.5, 0.6) is 0 Å². The minimum Gasteiger partial charge on any atom is -0.379 e. The summed E-state index contributed by atoms with van der Waals surface area (Å²) in [5.41, 5.74) is 1.33. The van der Waals surface area contributed by atoms with Gasteiger partial charge in [-0.3, -0.25) is 4.90 Å². The molecule has 28 heavy (non-hydrogen) atoms. The predicted octanol–water partition coefficient (Wildman–Crippen LogP) is 1.42. The third-order valence-corrected chi connectivity index (χ3v) is 7.16. The highest BCUT2D eigenvalue weighted by Crippen LogP contribution is 2.20. The number of pyridine rings is 1. The molecule has 0 aliphatic carbocycles. The number of aromatic nitrogens is 1. The molecule has 8 heteroatoms. The van der Waals surface area contributed by atoms with Gasteiger partial charge in [-0.2, -0.15) is 4.31 Å². The second-order valence-electron chi connectivity index (χ2n) is 7.12. The van der Waals surface area contributed by atoms with Gasteiger partial charge >= 0.3 is 0 Å². The van der Waals surface area contributed by atoms with Gasteiger partial charge < -0.3 is 9.64 Å². The topological polar surface area (TPSA) is 66.0 Å². The number of morpholine rings is 1. The van der Waals surface area contributed by atoms with Crippen LogP contribution < -0.4 is 4.90 Å². The third-order valence-electron chi connectivity index (χ3n) is 5.27. The normalized spacial score (nSPS) is 19.6. The first-order valence-electron chi connectivity index (χ1n) is 9.68. The Kier molecular flexibility index (Phi) is 5.91. The number of anilines is 1. The van der Waals surface area contributed by atoms with Gasteiger partial charge in [0.1, 0.15) is 10.7 Å². The summed E-state index contributed by atoms with van der Waals surface area (Å²) in [6, 6.07) is 14.0. The third kappa shape index (κ3) is 4.35. The van der Waals surface area contributed by atoms with Crippen molar-refractivity contribution in [2.24, 2.45) is 0 Å². The highest BCUT2D eigenvalue weighted by Gasteiger charge is 2.27. The van der Waals surface area contributed by atoms with Crippen LogP contribution in [0.4, 0.5) is 5.82 Å². The van der Waals surface area contributed by atoms with Crippen molar-refractivity contribution in [2.75, 3.05) is 57.4 Å². The van der Waals surface area contributed by atoms with Crippen molar-refractivity contribution in [1.82, 2.24) is 14.2 Å². The highest BCUT2D eigenvalue weighted by molar-refractivity contribution is 7.89. The second kappa shape index (κ2) is 8.57. The Labute approximate surface area is 166 Å². The number of piperazine rings is 1. The van der Waals surface area contributed by atoms with E-state index in [4.69, 9.17) is 4.74 Å². The molecule has 0 atom stereocenters. The second-order valence-corrected chi connectivity index (χ2v) is 9.06. The fourth-order valence-electron chi connectivity index (χ4n) is 3.62. The first-order valence-corrected chi connectivity index (χ1v) is 11.1. The monoisotopic (exact) mass is 402 g/mol. The summed E-state index contributed by atoms with van der Waals surface area (Å²) in [6.45, 7) is 6.33. The molecule has 2 aliphatic rings. The molecule has 0 N–H and O–H groups in total. The van der Waals surface area contributed by atoms with Crippen molar-refractivity contribution in [3.8, 4) is 0 Å². The van der Waals surface area contributed by atoms with Crippen molar-refractivity contribution in [1.29, 1.82) is 0 Å². The van der Waals surface area contributed by atoms with Crippen LogP contribution in [0, 0.1) is 0 Å². The molecule has 2 saturated heterocycles. The van der Waals surface area contributed by atoms with Gasteiger partial charge in [-0.1, -0.05) is 30.3 Å². The molecule has 3 heterocycles. The molecule has 0 unspecified atom stereocenters. The lowest BCUT2D eigenvalue weighted by molar-refractivity contribution is 0.0730. The van der Waals surface area contributed by atoms with Crippen molar-refractivity contribution in [3.05, 3.63) is 54.2 Å². The molecular formula is C20H26N4O3S. The predicted molar refractivity (Wildman–Crippen MR) is 108 cm³/mol. The summed E-state index contributed by atoms with van der Waals surface area (Å²) < 4.78 is 32.1. The molecule has 0 amide bonds.